The molecule has 0 aromatic carbocycles. The minimum absolute atomic E-state index is 0.0344. The largest absolute Gasteiger partial charge is 0.388 e. The molecular weight excluding hydrogens is 252 g/mol. The molecule has 0 spiro atoms. The van der Waals surface area contributed by atoms with E-state index in [-0.39, 0.29) is 5.91 Å². The Morgan fingerprint density at radius 3 is 2.45 bits per heavy atom. The van der Waals surface area contributed by atoms with Gasteiger partial charge in [0.15, 0.2) is 0 Å². The van der Waals surface area contributed by atoms with Crippen molar-refractivity contribution >= 4 is 5.91 Å². The highest BCUT2D eigenvalue weighted by Crippen LogP contribution is 2.18. The Balaban J connectivity index is 3.98. The molecule has 0 aliphatic rings. The molecule has 0 heterocycles. The number of aliphatic hydroxyl groups is 1. The molecule has 2 unspecified atom stereocenters. The van der Waals surface area contributed by atoms with E-state index in [4.69, 9.17) is 5.73 Å². The van der Waals surface area contributed by atoms with Crippen LogP contribution >= 0.6 is 0 Å². The zero-order chi connectivity index (χ0) is 15.6. The summed E-state index contributed by atoms with van der Waals surface area (Å²) in [6.45, 7) is 9.10. The first kappa shape index (κ1) is 19.4. The Kier molecular flexibility index (Phi) is 9.86. The van der Waals surface area contributed by atoms with Crippen molar-refractivity contribution in [2.45, 2.75) is 71.8 Å². The number of nitrogens with one attached hydrogen (secondary N) is 1. The molecule has 0 fully saturated rings. The molecular formula is C16H34N2O2. The number of carbonyl (C=O) groups is 1. The van der Waals surface area contributed by atoms with Crippen LogP contribution in [0.25, 0.3) is 0 Å². The van der Waals surface area contributed by atoms with Crippen LogP contribution in [0.3, 0.4) is 0 Å². The molecule has 0 radical (unpaired) electrons. The predicted molar refractivity (Wildman–Crippen MR) is 84.4 cm³/mol. The minimum atomic E-state index is -0.816. The van der Waals surface area contributed by atoms with E-state index in [0.717, 1.165) is 25.7 Å². The summed E-state index contributed by atoms with van der Waals surface area (Å²) in [5, 5.41) is 13.0. The molecule has 4 heteroatoms. The lowest BCUT2D eigenvalue weighted by Crippen LogP contribution is -2.41. The van der Waals surface area contributed by atoms with Gasteiger partial charge in [0, 0.05) is 13.0 Å². The van der Waals surface area contributed by atoms with Gasteiger partial charge < -0.3 is 16.2 Å². The standard InChI is InChI=1S/C16H34N2O2/c1-5-6-14(9-10-17)7-8-15(19)18-12-16(4,20)11-13(2)3/h13-14,20H,5-12,17H2,1-4H3,(H,18,19). The fourth-order valence-electron chi connectivity index (χ4n) is 2.74. The maximum atomic E-state index is 11.8. The lowest BCUT2D eigenvalue weighted by molar-refractivity contribution is -0.122. The Morgan fingerprint density at radius 1 is 1.30 bits per heavy atom. The zero-order valence-corrected chi connectivity index (χ0v) is 13.7. The van der Waals surface area contributed by atoms with Crippen molar-refractivity contribution in [3.05, 3.63) is 0 Å². The second-order valence-electron chi connectivity index (χ2n) is 6.64. The van der Waals surface area contributed by atoms with Crippen molar-refractivity contribution in [3.8, 4) is 0 Å². The number of hydrogen-bond donors (Lipinski definition) is 3. The number of hydrogen-bond acceptors (Lipinski definition) is 3. The molecule has 0 saturated heterocycles. The molecule has 0 aliphatic carbocycles. The van der Waals surface area contributed by atoms with Crippen LogP contribution in [0.4, 0.5) is 0 Å². The SMILES string of the molecule is CCCC(CCN)CCC(=O)NCC(C)(O)CC(C)C. The van der Waals surface area contributed by atoms with Gasteiger partial charge in [-0.25, -0.2) is 0 Å². The second-order valence-corrected chi connectivity index (χ2v) is 6.64. The van der Waals surface area contributed by atoms with Crippen LogP contribution in [0.2, 0.25) is 0 Å². The molecule has 2 atom stereocenters. The summed E-state index contributed by atoms with van der Waals surface area (Å²) < 4.78 is 0. The molecule has 20 heavy (non-hydrogen) atoms. The Hall–Kier alpha value is -0.610. The number of carbonyl (C=O) groups excluding carboxylic acids is 1. The van der Waals surface area contributed by atoms with Crippen molar-refractivity contribution in [1.29, 1.82) is 0 Å². The van der Waals surface area contributed by atoms with Gasteiger partial charge in [0.1, 0.15) is 0 Å². The van der Waals surface area contributed by atoms with Gasteiger partial charge in [0.05, 0.1) is 5.60 Å². The third kappa shape index (κ3) is 10.2. The summed E-state index contributed by atoms with van der Waals surface area (Å²) in [6.07, 6.45) is 5.38. The van der Waals surface area contributed by atoms with Crippen molar-refractivity contribution in [2.24, 2.45) is 17.6 Å². The van der Waals surface area contributed by atoms with Crippen LogP contribution in [0.1, 0.15) is 66.2 Å². The molecule has 0 saturated carbocycles. The molecule has 1 amide bonds. The third-order valence-corrected chi connectivity index (χ3v) is 3.57. The van der Waals surface area contributed by atoms with Crippen LogP contribution in [-0.2, 0) is 4.79 Å². The Labute approximate surface area is 124 Å². The summed E-state index contributed by atoms with van der Waals surface area (Å²) in [5.74, 6) is 1.000. The smallest absolute Gasteiger partial charge is 0.220 e. The highest BCUT2D eigenvalue weighted by atomic mass is 16.3. The first-order chi connectivity index (χ1) is 9.30. The van der Waals surface area contributed by atoms with Crippen molar-refractivity contribution in [2.75, 3.05) is 13.1 Å². The van der Waals surface area contributed by atoms with E-state index in [2.05, 4.69) is 26.1 Å². The van der Waals surface area contributed by atoms with Gasteiger partial charge in [-0.15, -0.1) is 0 Å². The first-order valence-corrected chi connectivity index (χ1v) is 7.99. The Morgan fingerprint density at radius 2 is 1.95 bits per heavy atom. The van der Waals surface area contributed by atoms with Gasteiger partial charge in [-0.1, -0.05) is 33.6 Å². The fourth-order valence-corrected chi connectivity index (χ4v) is 2.74. The normalized spacial score (nSPS) is 15.9. The molecule has 120 valence electrons. The maximum absolute atomic E-state index is 11.8. The van der Waals surface area contributed by atoms with Gasteiger partial charge in [-0.05, 0) is 44.6 Å². The van der Waals surface area contributed by atoms with Crippen LogP contribution in [0.15, 0.2) is 0 Å². The summed E-state index contributed by atoms with van der Waals surface area (Å²) in [5.41, 5.74) is 4.78. The number of rotatable bonds is 11. The third-order valence-electron chi connectivity index (χ3n) is 3.57. The molecule has 0 aliphatic heterocycles. The van der Waals surface area contributed by atoms with Crippen molar-refractivity contribution < 1.29 is 9.90 Å². The number of nitrogens with two attached hydrogens (primary N) is 1. The molecule has 0 rings (SSSR count). The monoisotopic (exact) mass is 286 g/mol. The van der Waals surface area contributed by atoms with Crippen LogP contribution in [-0.4, -0.2) is 29.7 Å². The predicted octanol–water partition coefficient (Wildman–Crippen LogP) is 2.45. The van der Waals surface area contributed by atoms with E-state index in [1.54, 1.807) is 6.92 Å². The van der Waals surface area contributed by atoms with Gasteiger partial charge in [0.2, 0.25) is 5.91 Å². The average molecular weight is 286 g/mol. The lowest BCUT2D eigenvalue weighted by Gasteiger charge is -2.25. The van der Waals surface area contributed by atoms with E-state index >= 15 is 0 Å². The fraction of sp³-hybridized carbons (Fsp3) is 0.938. The topological polar surface area (TPSA) is 75.4 Å². The average Bonchev–Trinajstić information content (AvgIpc) is 2.32. The summed E-state index contributed by atoms with van der Waals surface area (Å²) in [6, 6.07) is 0. The highest BCUT2D eigenvalue weighted by Gasteiger charge is 2.22. The highest BCUT2D eigenvalue weighted by molar-refractivity contribution is 5.75. The molecule has 0 aromatic heterocycles. The molecule has 0 aromatic rings. The summed E-state index contributed by atoms with van der Waals surface area (Å²) in [7, 11) is 0. The lowest BCUT2D eigenvalue weighted by atomic mass is 9.93. The zero-order valence-electron chi connectivity index (χ0n) is 13.7. The van der Waals surface area contributed by atoms with Crippen molar-refractivity contribution in [1.82, 2.24) is 5.32 Å². The summed E-state index contributed by atoms with van der Waals surface area (Å²) in [4.78, 5) is 11.8. The van der Waals surface area contributed by atoms with Crippen LogP contribution in [0, 0.1) is 11.8 Å². The van der Waals surface area contributed by atoms with E-state index in [9.17, 15) is 9.90 Å². The van der Waals surface area contributed by atoms with E-state index < -0.39 is 5.60 Å². The van der Waals surface area contributed by atoms with E-state index in [1.807, 2.05) is 0 Å². The van der Waals surface area contributed by atoms with Gasteiger partial charge in [-0.2, -0.15) is 0 Å². The number of amides is 1. The van der Waals surface area contributed by atoms with E-state index in [0.29, 0.717) is 37.8 Å². The van der Waals surface area contributed by atoms with E-state index in [1.165, 1.54) is 0 Å². The second kappa shape index (κ2) is 10.2. The Bertz CT molecular complexity index is 259. The van der Waals surface area contributed by atoms with Crippen LogP contribution < -0.4 is 11.1 Å². The summed E-state index contributed by atoms with van der Waals surface area (Å²) >= 11 is 0. The molecule has 4 nitrogen and oxygen atoms in total. The maximum Gasteiger partial charge on any atom is 0.220 e. The first-order valence-electron chi connectivity index (χ1n) is 7.99. The van der Waals surface area contributed by atoms with Gasteiger partial charge in [0.25, 0.3) is 0 Å². The minimum Gasteiger partial charge on any atom is -0.388 e. The van der Waals surface area contributed by atoms with Gasteiger partial charge >= 0.3 is 0 Å². The van der Waals surface area contributed by atoms with Crippen LogP contribution in [0.5, 0.6) is 0 Å². The molecule has 0 bridgehead atoms. The van der Waals surface area contributed by atoms with Crippen molar-refractivity contribution in [3.63, 3.8) is 0 Å². The van der Waals surface area contributed by atoms with Gasteiger partial charge in [-0.3, -0.25) is 4.79 Å². The molecule has 4 N–H and O–H groups in total. The quantitative estimate of drug-likeness (QED) is 0.546.